The summed E-state index contributed by atoms with van der Waals surface area (Å²) in [6.45, 7) is 4.63. The minimum absolute atomic E-state index is 0.214. The number of rotatable bonds is 13. The molecule has 0 aromatic carbocycles. The van der Waals surface area contributed by atoms with Gasteiger partial charge in [0.2, 0.25) is 0 Å². The zero-order chi connectivity index (χ0) is 14.3. The van der Waals surface area contributed by atoms with E-state index in [1.807, 2.05) is 6.92 Å². The van der Waals surface area contributed by atoms with Crippen LogP contribution in [0.1, 0.15) is 84.5 Å². The quantitative estimate of drug-likeness (QED) is 0.290. The first-order chi connectivity index (χ1) is 9.20. The van der Waals surface area contributed by atoms with E-state index >= 15 is 0 Å². The molecule has 0 aliphatic carbocycles. The van der Waals surface area contributed by atoms with Gasteiger partial charge in [0.1, 0.15) is 0 Å². The normalized spacial score (nSPS) is 12.4. The summed E-state index contributed by atoms with van der Waals surface area (Å²) in [4.78, 5) is 0. The Morgan fingerprint density at radius 3 is 2.00 bits per heavy atom. The molecule has 0 aliphatic rings. The van der Waals surface area contributed by atoms with Gasteiger partial charge in [0.15, 0.2) is 5.90 Å². The van der Waals surface area contributed by atoms with Gasteiger partial charge in [-0.05, 0) is 13.3 Å². The van der Waals surface area contributed by atoms with Gasteiger partial charge in [-0.2, -0.15) is 0 Å². The lowest BCUT2D eigenvalue weighted by Gasteiger charge is -2.11. The van der Waals surface area contributed by atoms with Crippen LogP contribution in [0.3, 0.4) is 0 Å². The highest BCUT2D eigenvalue weighted by atomic mass is 16.5. The molecule has 0 unspecified atom stereocenters. The van der Waals surface area contributed by atoms with Gasteiger partial charge < -0.3 is 9.84 Å². The predicted molar refractivity (Wildman–Crippen MR) is 81.8 cm³/mol. The first kappa shape index (κ1) is 18.4. The highest BCUT2D eigenvalue weighted by Gasteiger charge is 2.08. The molecule has 0 amide bonds. The third-order valence-electron chi connectivity index (χ3n) is 3.38. The van der Waals surface area contributed by atoms with Gasteiger partial charge in [-0.3, -0.25) is 5.41 Å². The van der Waals surface area contributed by atoms with Crippen molar-refractivity contribution in [3.63, 3.8) is 0 Å². The van der Waals surface area contributed by atoms with Crippen LogP contribution in [0.15, 0.2) is 0 Å². The molecule has 0 rings (SSSR count). The van der Waals surface area contributed by atoms with Crippen LogP contribution in [0.25, 0.3) is 0 Å². The molecule has 0 spiro atoms. The van der Waals surface area contributed by atoms with Crippen LogP contribution in [0.5, 0.6) is 0 Å². The fourth-order valence-electron chi connectivity index (χ4n) is 2.24. The van der Waals surface area contributed by atoms with Gasteiger partial charge in [-0.1, -0.05) is 64.7 Å². The lowest BCUT2D eigenvalue weighted by molar-refractivity contribution is 0.157. The maximum absolute atomic E-state index is 9.73. The lowest BCUT2D eigenvalue weighted by atomic mass is 10.0. The second-order valence-corrected chi connectivity index (χ2v) is 5.33. The van der Waals surface area contributed by atoms with Crippen molar-refractivity contribution in [2.45, 2.75) is 90.6 Å². The van der Waals surface area contributed by atoms with Gasteiger partial charge in [0.05, 0.1) is 12.7 Å². The Balaban J connectivity index is 3.22. The minimum Gasteiger partial charge on any atom is -0.481 e. The maximum Gasteiger partial charge on any atom is 0.182 e. The number of aliphatic hydroxyl groups is 1. The van der Waals surface area contributed by atoms with Crippen LogP contribution < -0.4 is 0 Å². The van der Waals surface area contributed by atoms with Crippen LogP contribution in [-0.2, 0) is 4.74 Å². The standard InChI is InChI=1S/C16H33NO2/c1-3-5-6-7-8-9-10-11-12-13-15(18)14-16(17)19-4-2/h15,17-18H,3-14H2,1-2H3/t15-/m0/s1. The zero-order valence-corrected chi connectivity index (χ0v) is 12.9. The summed E-state index contributed by atoms with van der Waals surface area (Å²) in [5, 5.41) is 17.2. The second kappa shape index (κ2) is 13.9. The summed E-state index contributed by atoms with van der Waals surface area (Å²) in [5.41, 5.74) is 0. The Morgan fingerprint density at radius 1 is 0.947 bits per heavy atom. The number of unbranched alkanes of at least 4 members (excludes halogenated alkanes) is 8. The molecule has 19 heavy (non-hydrogen) atoms. The molecule has 0 saturated heterocycles. The molecule has 114 valence electrons. The monoisotopic (exact) mass is 271 g/mol. The average Bonchev–Trinajstić information content (AvgIpc) is 2.37. The van der Waals surface area contributed by atoms with E-state index in [1.165, 1.54) is 51.4 Å². The van der Waals surface area contributed by atoms with Crippen molar-refractivity contribution in [3.8, 4) is 0 Å². The van der Waals surface area contributed by atoms with Gasteiger partial charge in [0.25, 0.3) is 0 Å². The molecule has 0 heterocycles. The summed E-state index contributed by atoms with van der Waals surface area (Å²) in [7, 11) is 0. The highest BCUT2D eigenvalue weighted by Crippen LogP contribution is 2.12. The fourth-order valence-corrected chi connectivity index (χ4v) is 2.24. The SMILES string of the molecule is CCCCCCCCCCC[C@H](O)CC(=N)OCC. The number of hydrogen-bond acceptors (Lipinski definition) is 3. The summed E-state index contributed by atoms with van der Waals surface area (Å²) in [6, 6.07) is 0. The summed E-state index contributed by atoms with van der Waals surface area (Å²) >= 11 is 0. The Kier molecular flexibility index (Phi) is 13.4. The molecular formula is C16H33NO2. The van der Waals surface area contributed by atoms with E-state index in [0.29, 0.717) is 13.0 Å². The summed E-state index contributed by atoms with van der Waals surface area (Å²) in [6.07, 6.45) is 12.4. The van der Waals surface area contributed by atoms with Gasteiger partial charge in [-0.15, -0.1) is 0 Å². The number of nitrogens with one attached hydrogen (secondary N) is 1. The molecule has 0 aliphatic heterocycles. The van der Waals surface area contributed by atoms with E-state index in [0.717, 1.165) is 12.8 Å². The van der Waals surface area contributed by atoms with E-state index in [9.17, 15) is 5.11 Å². The highest BCUT2D eigenvalue weighted by molar-refractivity contribution is 5.72. The molecule has 0 fully saturated rings. The fraction of sp³-hybridized carbons (Fsp3) is 0.938. The summed E-state index contributed by atoms with van der Waals surface area (Å²) in [5.74, 6) is 0.214. The molecule has 0 saturated carbocycles. The van der Waals surface area contributed by atoms with E-state index in [1.54, 1.807) is 0 Å². The third-order valence-corrected chi connectivity index (χ3v) is 3.38. The molecule has 0 aromatic rings. The molecule has 0 aromatic heterocycles. The van der Waals surface area contributed by atoms with E-state index < -0.39 is 6.10 Å². The number of aliphatic hydroxyl groups excluding tert-OH is 1. The molecule has 2 N–H and O–H groups in total. The summed E-state index contributed by atoms with van der Waals surface area (Å²) < 4.78 is 5.03. The Labute approximate surface area is 119 Å². The van der Waals surface area contributed by atoms with Gasteiger partial charge in [-0.25, -0.2) is 0 Å². The van der Waals surface area contributed by atoms with Crippen molar-refractivity contribution >= 4 is 5.90 Å². The largest absolute Gasteiger partial charge is 0.481 e. The first-order valence-electron chi connectivity index (χ1n) is 8.09. The van der Waals surface area contributed by atoms with Crippen LogP contribution in [0, 0.1) is 5.41 Å². The van der Waals surface area contributed by atoms with Crippen molar-refractivity contribution in [2.24, 2.45) is 0 Å². The predicted octanol–water partition coefficient (Wildman–Crippen LogP) is 4.67. The van der Waals surface area contributed by atoms with Crippen LogP contribution in [0.4, 0.5) is 0 Å². The van der Waals surface area contributed by atoms with E-state index in [-0.39, 0.29) is 5.90 Å². The first-order valence-corrected chi connectivity index (χ1v) is 8.09. The Morgan fingerprint density at radius 2 is 1.47 bits per heavy atom. The topological polar surface area (TPSA) is 53.3 Å². The van der Waals surface area contributed by atoms with Gasteiger partial charge in [0, 0.05) is 6.42 Å². The number of ether oxygens (including phenoxy) is 1. The van der Waals surface area contributed by atoms with Crippen LogP contribution >= 0.6 is 0 Å². The Hall–Kier alpha value is -0.570. The molecule has 3 nitrogen and oxygen atoms in total. The zero-order valence-electron chi connectivity index (χ0n) is 12.9. The van der Waals surface area contributed by atoms with Crippen molar-refractivity contribution < 1.29 is 9.84 Å². The average molecular weight is 271 g/mol. The smallest absolute Gasteiger partial charge is 0.182 e. The molecule has 3 heteroatoms. The third kappa shape index (κ3) is 13.7. The van der Waals surface area contributed by atoms with Crippen molar-refractivity contribution in [1.29, 1.82) is 5.41 Å². The van der Waals surface area contributed by atoms with Gasteiger partial charge >= 0.3 is 0 Å². The van der Waals surface area contributed by atoms with E-state index in [2.05, 4.69) is 6.92 Å². The van der Waals surface area contributed by atoms with Crippen molar-refractivity contribution in [2.75, 3.05) is 6.61 Å². The second-order valence-electron chi connectivity index (χ2n) is 5.33. The van der Waals surface area contributed by atoms with Crippen molar-refractivity contribution in [3.05, 3.63) is 0 Å². The number of hydrogen-bond donors (Lipinski definition) is 2. The molecule has 0 bridgehead atoms. The van der Waals surface area contributed by atoms with E-state index in [4.69, 9.17) is 10.1 Å². The molecular weight excluding hydrogens is 238 g/mol. The molecule has 1 atom stereocenters. The van der Waals surface area contributed by atoms with Crippen LogP contribution in [0.2, 0.25) is 0 Å². The maximum atomic E-state index is 9.73. The van der Waals surface area contributed by atoms with Crippen LogP contribution in [-0.4, -0.2) is 23.7 Å². The lowest BCUT2D eigenvalue weighted by Crippen LogP contribution is -2.15. The van der Waals surface area contributed by atoms with Crippen molar-refractivity contribution in [1.82, 2.24) is 0 Å². The Bertz CT molecular complexity index is 207. The molecule has 0 radical (unpaired) electrons. The minimum atomic E-state index is -0.399.